The van der Waals surface area contributed by atoms with E-state index in [1.807, 2.05) is 6.07 Å². The van der Waals surface area contributed by atoms with E-state index >= 15 is 0 Å². The third-order valence-electron chi connectivity index (χ3n) is 4.14. The van der Waals surface area contributed by atoms with Crippen molar-refractivity contribution in [2.75, 3.05) is 0 Å². The number of nitrogens with one attached hydrogen (secondary N) is 1. The monoisotopic (exact) mass is 303 g/mol. The molecule has 124 valence electrons. The highest BCUT2D eigenvalue weighted by atomic mass is 16.1. The van der Waals surface area contributed by atoms with Gasteiger partial charge in [-0.1, -0.05) is 88.6 Å². The normalized spacial score (nSPS) is 12.1. The molecule has 0 heterocycles. The smallest absolute Gasteiger partial charge is 0.217 e. The highest BCUT2D eigenvalue weighted by Crippen LogP contribution is 2.13. The number of amides is 1. The fourth-order valence-corrected chi connectivity index (χ4v) is 2.94. The van der Waals surface area contributed by atoms with Crippen LogP contribution in [0.3, 0.4) is 0 Å². The third kappa shape index (κ3) is 9.59. The van der Waals surface area contributed by atoms with Crippen molar-refractivity contribution in [3.8, 4) is 0 Å². The van der Waals surface area contributed by atoms with E-state index in [1.54, 1.807) is 6.92 Å². The zero-order valence-corrected chi connectivity index (χ0v) is 14.4. The molecule has 0 spiro atoms. The van der Waals surface area contributed by atoms with Crippen LogP contribution in [-0.4, -0.2) is 11.9 Å². The summed E-state index contributed by atoms with van der Waals surface area (Å²) in [5.41, 5.74) is 1.31. The van der Waals surface area contributed by atoms with Gasteiger partial charge in [0.05, 0.1) is 0 Å². The average Bonchev–Trinajstić information content (AvgIpc) is 2.50. The van der Waals surface area contributed by atoms with Gasteiger partial charge in [-0.15, -0.1) is 0 Å². The Balaban J connectivity index is 2.20. The molecule has 1 N–H and O–H groups in total. The molecular formula is C20H33NO. The maximum atomic E-state index is 11.4. The van der Waals surface area contributed by atoms with Crippen LogP contribution in [0.1, 0.15) is 77.2 Å². The zero-order chi connectivity index (χ0) is 16.0. The fourth-order valence-electron chi connectivity index (χ4n) is 2.94. The lowest BCUT2D eigenvalue weighted by Gasteiger charge is -2.18. The number of hydrogen-bond acceptors (Lipinski definition) is 1. The van der Waals surface area contributed by atoms with E-state index in [2.05, 4.69) is 36.5 Å². The summed E-state index contributed by atoms with van der Waals surface area (Å²) in [6, 6.07) is 10.7. The van der Waals surface area contributed by atoms with Crippen molar-refractivity contribution in [1.29, 1.82) is 0 Å². The van der Waals surface area contributed by atoms with Gasteiger partial charge in [0.2, 0.25) is 5.91 Å². The van der Waals surface area contributed by atoms with Gasteiger partial charge in [-0.3, -0.25) is 4.79 Å². The van der Waals surface area contributed by atoms with Crippen LogP contribution < -0.4 is 5.32 Å². The largest absolute Gasteiger partial charge is 0.353 e. The van der Waals surface area contributed by atoms with Crippen molar-refractivity contribution >= 4 is 5.91 Å². The highest BCUT2D eigenvalue weighted by Gasteiger charge is 2.10. The van der Waals surface area contributed by atoms with E-state index in [9.17, 15) is 4.79 Å². The SMILES string of the molecule is CCCCCCCCCC[C@@H](Cc1ccccc1)NC(C)=O. The lowest BCUT2D eigenvalue weighted by atomic mass is 9.99. The minimum absolute atomic E-state index is 0.0838. The fraction of sp³-hybridized carbons (Fsp3) is 0.650. The molecule has 0 fully saturated rings. The van der Waals surface area contributed by atoms with E-state index in [0.29, 0.717) is 0 Å². The van der Waals surface area contributed by atoms with Gasteiger partial charge in [0.25, 0.3) is 0 Å². The van der Waals surface area contributed by atoms with Crippen LogP contribution in [0.15, 0.2) is 30.3 Å². The zero-order valence-electron chi connectivity index (χ0n) is 14.4. The summed E-state index contributed by atoms with van der Waals surface area (Å²) in [6.45, 7) is 3.88. The Morgan fingerprint density at radius 2 is 1.55 bits per heavy atom. The molecule has 0 aromatic heterocycles. The number of rotatable bonds is 12. The van der Waals surface area contributed by atoms with E-state index in [-0.39, 0.29) is 11.9 Å². The molecule has 0 aliphatic rings. The molecular weight excluding hydrogens is 270 g/mol. The molecule has 0 saturated heterocycles. The van der Waals surface area contributed by atoms with Crippen molar-refractivity contribution in [2.45, 2.75) is 84.1 Å². The summed E-state index contributed by atoms with van der Waals surface area (Å²) in [6.07, 6.45) is 12.7. The third-order valence-corrected chi connectivity index (χ3v) is 4.14. The van der Waals surface area contributed by atoms with Crippen molar-refractivity contribution < 1.29 is 4.79 Å². The summed E-state index contributed by atoms with van der Waals surface area (Å²) >= 11 is 0. The number of carbonyl (C=O) groups is 1. The quantitative estimate of drug-likeness (QED) is 0.524. The molecule has 2 nitrogen and oxygen atoms in total. The second-order valence-corrected chi connectivity index (χ2v) is 6.35. The Kier molecular flexibility index (Phi) is 10.4. The molecule has 1 atom stereocenters. The summed E-state index contributed by atoms with van der Waals surface area (Å²) in [7, 11) is 0. The molecule has 22 heavy (non-hydrogen) atoms. The molecule has 1 aromatic carbocycles. The highest BCUT2D eigenvalue weighted by molar-refractivity contribution is 5.73. The van der Waals surface area contributed by atoms with Crippen LogP contribution in [0.2, 0.25) is 0 Å². The maximum absolute atomic E-state index is 11.4. The predicted octanol–water partition coefficient (Wildman–Crippen LogP) is 5.26. The standard InChI is InChI=1S/C20H33NO/c1-3-4-5-6-7-8-9-13-16-20(21-18(2)22)17-19-14-11-10-12-15-19/h10-12,14-15,20H,3-9,13,16-17H2,1-2H3,(H,21,22)/t20-/m0/s1. The minimum atomic E-state index is 0.0838. The molecule has 0 unspecified atom stereocenters. The summed E-state index contributed by atoms with van der Waals surface area (Å²) < 4.78 is 0. The second-order valence-electron chi connectivity index (χ2n) is 6.35. The van der Waals surface area contributed by atoms with Crippen LogP contribution in [0, 0.1) is 0 Å². The van der Waals surface area contributed by atoms with Crippen molar-refractivity contribution in [3.63, 3.8) is 0 Å². The van der Waals surface area contributed by atoms with Crippen molar-refractivity contribution in [3.05, 3.63) is 35.9 Å². The van der Waals surface area contributed by atoms with E-state index in [0.717, 1.165) is 12.8 Å². The van der Waals surface area contributed by atoms with E-state index in [4.69, 9.17) is 0 Å². The molecule has 0 aliphatic carbocycles. The molecule has 2 heteroatoms. The van der Waals surface area contributed by atoms with Gasteiger partial charge >= 0.3 is 0 Å². The van der Waals surface area contributed by atoms with Gasteiger partial charge in [-0.2, -0.15) is 0 Å². The van der Waals surface area contributed by atoms with Crippen LogP contribution in [0.25, 0.3) is 0 Å². The summed E-state index contributed by atoms with van der Waals surface area (Å²) in [5, 5.41) is 3.11. The summed E-state index contributed by atoms with van der Waals surface area (Å²) in [5.74, 6) is 0.0838. The topological polar surface area (TPSA) is 29.1 Å². The Morgan fingerprint density at radius 3 is 2.14 bits per heavy atom. The molecule has 0 saturated carbocycles. The average molecular weight is 303 g/mol. The van der Waals surface area contributed by atoms with Crippen LogP contribution >= 0.6 is 0 Å². The number of benzene rings is 1. The van der Waals surface area contributed by atoms with Crippen molar-refractivity contribution in [1.82, 2.24) is 5.32 Å². The van der Waals surface area contributed by atoms with Gasteiger partial charge in [-0.25, -0.2) is 0 Å². The summed E-state index contributed by atoms with van der Waals surface area (Å²) in [4.78, 5) is 11.4. The van der Waals surface area contributed by atoms with E-state index in [1.165, 1.54) is 56.9 Å². The molecule has 0 radical (unpaired) electrons. The van der Waals surface area contributed by atoms with E-state index < -0.39 is 0 Å². The van der Waals surface area contributed by atoms with Crippen LogP contribution in [0.4, 0.5) is 0 Å². The first-order valence-corrected chi connectivity index (χ1v) is 9.03. The van der Waals surface area contributed by atoms with Gasteiger partial charge in [0, 0.05) is 13.0 Å². The first-order chi connectivity index (χ1) is 10.7. The lowest BCUT2D eigenvalue weighted by molar-refractivity contribution is -0.119. The number of hydrogen-bond donors (Lipinski definition) is 1. The van der Waals surface area contributed by atoms with Gasteiger partial charge in [0.15, 0.2) is 0 Å². The van der Waals surface area contributed by atoms with Gasteiger partial charge in [0.1, 0.15) is 0 Å². The minimum Gasteiger partial charge on any atom is -0.353 e. The Hall–Kier alpha value is -1.31. The molecule has 0 bridgehead atoms. The van der Waals surface area contributed by atoms with Gasteiger partial charge < -0.3 is 5.32 Å². The molecule has 1 rings (SSSR count). The lowest BCUT2D eigenvalue weighted by Crippen LogP contribution is -2.34. The molecule has 0 aliphatic heterocycles. The molecule has 1 aromatic rings. The van der Waals surface area contributed by atoms with Crippen molar-refractivity contribution in [2.24, 2.45) is 0 Å². The predicted molar refractivity (Wildman–Crippen MR) is 95.0 cm³/mol. The van der Waals surface area contributed by atoms with Crippen LogP contribution in [-0.2, 0) is 11.2 Å². The first-order valence-electron chi connectivity index (χ1n) is 9.03. The van der Waals surface area contributed by atoms with Crippen LogP contribution in [0.5, 0.6) is 0 Å². The molecule has 1 amide bonds. The number of unbranched alkanes of at least 4 members (excludes halogenated alkanes) is 7. The maximum Gasteiger partial charge on any atom is 0.217 e. The second kappa shape index (κ2) is 12.3. The Labute approximate surface area is 136 Å². The Bertz CT molecular complexity index is 388. The Morgan fingerprint density at radius 1 is 0.955 bits per heavy atom. The first kappa shape index (κ1) is 18.7. The van der Waals surface area contributed by atoms with Gasteiger partial charge in [-0.05, 0) is 18.4 Å². The number of carbonyl (C=O) groups excluding carboxylic acids is 1.